The number of nitriles is 1. The molecule has 4 rings (SSSR count). The number of benzene rings is 1. The third-order valence-corrected chi connectivity index (χ3v) is 7.94. The van der Waals surface area contributed by atoms with Crippen molar-refractivity contribution in [1.29, 1.82) is 5.26 Å². The molecule has 46 heavy (non-hydrogen) atoms. The van der Waals surface area contributed by atoms with E-state index in [0.717, 1.165) is 10.5 Å². The number of hydrogen-bond donors (Lipinski definition) is 4. The SMILES string of the molecule is CC(C)(C)OC(=O)NC1CCC(C(=O)NCCNCc2ccc3nccc(C(=O)NCC(=O)N4CC(F)(F)C[C@H]4C#N)c3c2)CC1. The zero-order valence-electron chi connectivity index (χ0n) is 26.3. The average Bonchev–Trinajstić information content (AvgIpc) is 3.33. The van der Waals surface area contributed by atoms with Crippen molar-refractivity contribution < 1.29 is 32.7 Å². The summed E-state index contributed by atoms with van der Waals surface area (Å²) in [6, 6.07) is 7.43. The van der Waals surface area contributed by atoms with Crippen LogP contribution in [0.2, 0.25) is 0 Å². The Morgan fingerprint density at radius 2 is 1.83 bits per heavy atom. The minimum absolute atomic E-state index is 0.00484. The normalized spacial score (nSPS) is 20.9. The average molecular weight is 642 g/mol. The first-order chi connectivity index (χ1) is 21.7. The molecule has 4 amide bonds. The van der Waals surface area contributed by atoms with Gasteiger partial charge in [0.1, 0.15) is 11.6 Å². The minimum atomic E-state index is -3.14. The predicted molar refractivity (Wildman–Crippen MR) is 165 cm³/mol. The van der Waals surface area contributed by atoms with Gasteiger partial charge in [-0.1, -0.05) is 6.07 Å². The molecule has 1 aromatic carbocycles. The summed E-state index contributed by atoms with van der Waals surface area (Å²) < 4.78 is 32.7. The van der Waals surface area contributed by atoms with E-state index in [0.29, 0.717) is 56.2 Å². The molecule has 4 N–H and O–H groups in total. The van der Waals surface area contributed by atoms with Crippen LogP contribution < -0.4 is 21.3 Å². The lowest BCUT2D eigenvalue weighted by molar-refractivity contribution is -0.131. The molecule has 1 atom stereocenters. The van der Waals surface area contributed by atoms with Gasteiger partial charge < -0.3 is 30.9 Å². The van der Waals surface area contributed by atoms with Gasteiger partial charge in [0.25, 0.3) is 11.8 Å². The summed E-state index contributed by atoms with van der Waals surface area (Å²) in [6.45, 7) is 5.47. The van der Waals surface area contributed by atoms with Crippen molar-refractivity contribution in [2.45, 2.75) is 83.0 Å². The summed E-state index contributed by atoms with van der Waals surface area (Å²) in [5.41, 5.74) is 1.14. The zero-order chi connectivity index (χ0) is 33.5. The number of halogens is 2. The number of amides is 4. The molecule has 0 bridgehead atoms. The number of rotatable bonds is 10. The summed E-state index contributed by atoms with van der Waals surface area (Å²) in [4.78, 5) is 55.2. The lowest BCUT2D eigenvalue weighted by Crippen LogP contribution is -2.43. The van der Waals surface area contributed by atoms with E-state index in [1.807, 2.05) is 26.8 Å². The van der Waals surface area contributed by atoms with Crippen molar-refractivity contribution in [1.82, 2.24) is 31.2 Å². The molecular formula is C32H41F2N7O5. The largest absolute Gasteiger partial charge is 0.444 e. The van der Waals surface area contributed by atoms with Gasteiger partial charge in [0, 0.05) is 49.6 Å². The first kappa shape index (κ1) is 34.5. The van der Waals surface area contributed by atoms with E-state index in [1.165, 1.54) is 12.3 Å². The molecule has 2 aliphatic rings. The summed E-state index contributed by atoms with van der Waals surface area (Å²) in [6.07, 6.45) is 3.09. The van der Waals surface area contributed by atoms with Crippen LogP contribution in [0.3, 0.4) is 0 Å². The van der Waals surface area contributed by atoms with Gasteiger partial charge in [0.15, 0.2) is 0 Å². The number of alkyl carbamates (subject to hydrolysis) is 1. The third-order valence-electron chi connectivity index (χ3n) is 7.94. The highest BCUT2D eigenvalue weighted by Gasteiger charge is 2.47. The number of fused-ring (bicyclic) bond motifs is 1. The fraction of sp³-hybridized carbons (Fsp3) is 0.562. The Bertz CT molecular complexity index is 1480. The fourth-order valence-electron chi connectivity index (χ4n) is 5.67. The number of alkyl halides is 2. The second-order valence-corrected chi connectivity index (χ2v) is 12.8. The summed E-state index contributed by atoms with van der Waals surface area (Å²) in [7, 11) is 0. The number of nitrogens with one attached hydrogen (secondary N) is 4. The topological polar surface area (TPSA) is 166 Å². The maximum atomic E-state index is 13.7. The Morgan fingerprint density at radius 1 is 1.09 bits per heavy atom. The van der Waals surface area contributed by atoms with Gasteiger partial charge in [-0.05, 0) is 70.2 Å². The molecule has 1 aromatic heterocycles. The smallest absolute Gasteiger partial charge is 0.407 e. The third kappa shape index (κ3) is 9.56. The molecule has 2 fully saturated rings. The maximum absolute atomic E-state index is 13.7. The molecular weight excluding hydrogens is 600 g/mol. The molecule has 0 radical (unpaired) electrons. The summed E-state index contributed by atoms with van der Waals surface area (Å²) >= 11 is 0. The Kier molecular flexibility index (Phi) is 11.1. The molecule has 12 nitrogen and oxygen atoms in total. The highest BCUT2D eigenvalue weighted by atomic mass is 19.3. The van der Waals surface area contributed by atoms with E-state index in [1.54, 1.807) is 18.2 Å². The molecule has 0 spiro atoms. The molecule has 2 aromatic rings. The first-order valence-electron chi connectivity index (χ1n) is 15.5. The van der Waals surface area contributed by atoms with E-state index < -0.39 is 55.0 Å². The number of likely N-dealkylation sites (tertiary alicyclic amines) is 1. The van der Waals surface area contributed by atoms with Crippen LogP contribution in [0.1, 0.15) is 68.8 Å². The lowest BCUT2D eigenvalue weighted by atomic mass is 9.85. The number of aromatic nitrogens is 1. The van der Waals surface area contributed by atoms with Crippen LogP contribution >= 0.6 is 0 Å². The van der Waals surface area contributed by atoms with Crippen molar-refractivity contribution in [3.63, 3.8) is 0 Å². The van der Waals surface area contributed by atoms with Gasteiger partial charge in [-0.15, -0.1) is 0 Å². The van der Waals surface area contributed by atoms with Crippen molar-refractivity contribution >= 4 is 34.7 Å². The van der Waals surface area contributed by atoms with Crippen LogP contribution in [0.5, 0.6) is 0 Å². The number of pyridine rings is 1. The maximum Gasteiger partial charge on any atom is 0.407 e. The highest BCUT2D eigenvalue weighted by molar-refractivity contribution is 6.07. The first-order valence-corrected chi connectivity index (χ1v) is 15.5. The number of ether oxygens (including phenoxy) is 1. The second kappa shape index (κ2) is 14.8. The van der Waals surface area contributed by atoms with Crippen LogP contribution in [-0.2, 0) is 20.9 Å². The summed E-state index contributed by atoms with van der Waals surface area (Å²) in [5, 5.41) is 21.3. The number of carbonyl (C=O) groups is 4. The minimum Gasteiger partial charge on any atom is -0.444 e. The Hall–Kier alpha value is -4.38. The molecule has 1 aliphatic carbocycles. The highest BCUT2D eigenvalue weighted by Crippen LogP contribution is 2.31. The van der Waals surface area contributed by atoms with E-state index >= 15 is 0 Å². The lowest BCUT2D eigenvalue weighted by Gasteiger charge is -2.29. The molecule has 0 unspecified atom stereocenters. The van der Waals surface area contributed by atoms with Crippen LogP contribution in [0, 0.1) is 17.2 Å². The van der Waals surface area contributed by atoms with Gasteiger partial charge >= 0.3 is 6.09 Å². The van der Waals surface area contributed by atoms with Crippen molar-refractivity contribution in [3.05, 3.63) is 41.6 Å². The fourth-order valence-corrected chi connectivity index (χ4v) is 5.67. The van der Waals surface area contributed by atoms with Crippen LogP contribution in [0.4, 0.5) is 13.6 Å². The number of nitrogens with zero attached hydrogens (tertiary/aromatic N) is 3. The van der Waals surface area contributed by atoms with E-state index in [9.17, 15) is 28.0 Å². The summed E-state index contributed by atoms with van der Waals surface area (Å²) in [5.74, 6) is -4.57. The van der Waals surface area contributed by atoms with Crippen LogP contribution in [-0.4, -0.2) is 83.5 Å². The van der Waals surface area contributed by atoms with E-state index in [-0.39, 0.29) is 23.4 Å². The monoisotopic (exact) mass is 641 g/mol. The molecule has 1 saturated heterocycles. The quantitative estimate of drug-likeness (QED) is 0.288. The van der Waals surface area contributed by atoms with Crippen LogP contribution in [0.15, 0.2) is 30.5 Å². The number of carbonyl (C=O) groups excluding carboxylic acids is 4. The molecule has 1 saturated carbocycles. The standard InChI is InChI=1S/C32H41F2N7O5/c1-31(2,3)46-30(45)40-22-7-5-21(6-8-22)28(43)38-13-12-36-17-20-4-9-26-25(14-20)24(10-11-37-26)29(44)39-18-27(42)41-19-32(33,34)15-23(41)16-35/h4,9-11,14,21-23,36H,5-8,12-13,15,17-19H2,1-3H3,(H,38,43)(H,39,44)(H,40,45)/t21?,22?,23-/m0/s1. The number of hydrogen-bond acceptors (Lipinski definition) is 8. The van der Waals surface area contributed by atoms with Gasteiger partial charge in [-0.2, -0.15) is 5.26 Å². The molecule has 14 heteroatoms. The molecule has 2 heterocycles. The molecule has 248 valence electrons. The van der Waals surface area contributed by atoms with Gasteiger partial charge in [0.05, 0.1) is 30.2 Å². The molecule has 1 aliphatic heterocycles. The van der Waals surface area contributed by atoms with Crippen molar-refractivity contribution in [3.8, 4) is 6.07 Å². The van der Waals surface area contributed by atoms with Crippen molar-refractivity contribution in [2.75, 3.05) is 26.2 Å². The Morgan fingerprint density at radius 3 is 2.52 bits per heavy atom. The van der Waals surface area contributed by atoms with Gasteiger partial charge in [0.2, 0.25) is 11.8 Å². The predicted octanol–water partition coefficient (Wildman–Crippen LogP) is 3.01. The van der Waals surface area contributed by atoms with E-state index in [4.69, 9.17) is 10.00 Å². The Labute approximate surface area is 266 Å². The zero-order valence-corrected chi connectivity index (χ0v) is 26.3. The van der Waals surface area contributed by atoms with Gasteiger partial charge in [-0.3, -0.25) is 19.4 Å². The second-order valence-electron chi connectivity index (χ2n) is 12.8. The van der Waals surface area contributed by atoms with Gasteiger partial charge in [-0.25, -0.2) is 13.6 Å². The van der Waals surface area contributed by atoms with E-state index in [2.05, 4.69) is 26.3 Å². The Balaban J connectivity index is 1.21. The van der Waals surface area contributed by atoms with Crippen molar-refractivity contribution in [2.24, 2.45) is 5.92 Å². The van der Waals surface area contributed by atoms with Crippen LogP contribution in [0.25, 0.3) is 10.9 Å².